The molecule has 2 N–H and O–H groups in total. The molecule has 0 aliphatic rings. The zero-order valence-electron chi connectivity index (χ0n) is 7.24. The van der Waals surface area contributed by atoms with Crippen molar-refractivity contribution in [1.82, 2.24) is 0 Å². The summed E-state index contributed by atoms with van der Waals surface area (Å²) in [6.45, 7) is 0. The highest BCUT2D eigenvalue weighted by molar-refractivity contribution is 6.33. The molecule has 0 radical (unpaired) electrons. The van der Waals surface area contributed by atoms with Crippen molar-refractivity contribution in [2.45, 2.75) is 0 Å². The van der Waals surface area contributed by atoms with Crippen molar-refractivity contribution in [3.05, 3.63) is 40.4 Å². The Morgan fingerprint density at radius 1 is 1.43 bits per heavy atom. The lowest BCUT2D eigenvalue weighted by molar-refractivity contribution is -0.113. The van der Waals surface area contributed by atoms with Gasteiger partial charge in [-0.15, -0.1) is 0 Å². The lowest BCUT2D eigenvalue weighted by Crippen LogP contribution is -2.05. The summed E-state index contributed by atoms with van der Waals surface area (Å²) in [7, 11) is 0. The van der Waals surface area contributed by atoms with Gasteiger partial charge < -0.3 is 5.73 Å². The Bertz CT molecular complexity index is 399. The molecule has 0 heterocycles. The van der Waals surface area contributed by atoms with E-state index in [1.165, 1.54) is 12.2 Å². The molecule has 1 amide bonds. The summed E-state index contributed by atoms with van der Waals surface area (Å²) in [5.41, 5.74) is 5.85. The van der Waals surface area contributed by atoms with E-state index in [1.54, 1.807) is 18.2 Å². The molecule has 1 aromatic carbocycles. The Balaban J connectivity index is 3.14. The lowest BCUT2D eigenvalue weighted by atomic mass is 10.1. The van der Waals surface area contributed by atoms with Crippen LogP contribution in [0.4, 0.5) is 0 Å². The van der Waals surface area contributed by atoms with Crippen molar-refractivity contribution in [3.8, 4) is 0 Å². The summed E-state index contributed by atoms with van der Waals surface area (Å²) in [5, 5.41) is 0.353. The molecule has 3 nitrogen and oxygen atoms in total. The molecule has 0 saturated heterocycles. The highest BCUT2D eigenvalue weighted by atomic mass is 35.5. The highest BCUT2D eigenvalue weighted by Crippen LogP contribution is 2.18. The summed E-state index contributed by atoms with van der Waals surface area (Å²) < 4.78 is 0. The predicted octanol–water partition coefficient (Wildman–Crippen LogP) is 1.65. The molecule has 72 valence electrons. The zero-order chi connectivity index (χ0) is 10.6. The van der Waals surface area contributed by atoms with Crippen LogP contribution in [0.3, 0.4) is 0 Å². The fraction of sp³-hybridized carbons (Fsp3) is 0. The van der Waals surface area contributed by atoms with Crippen LogP contribution in [0, 0.1) is 0 Å². The third kappa shape index (κ3) is 2.44. The number of amides is 1. The Morgan fingerprint density at radius 2 is 2.14 bits per heavy atom. The summed E-state index contributed by atoms with van der Waals surface area (Å²) in [4.78, 5) is 21.1. The van der Waals surface area contributed by atoms with E-state index in [9.17, 15) is 9.59 Å². The minimum atomic E-state index is -0.568. The van der Waals surface area contributed by atoms with Crippen molar-refractivity contribution in [2.75, 3.05) is 0 Å². The van der Waals surface area contributed by atoms with Crippen LogP contribution in [-0.2, 0) is 4.79 Å². The van der Waals surface area contributed by atoms with E-state index in [0.29, 0.717) is 22.4 Å². The number of nitrogens with two attached hydrogens (primary N) is 1. The number of carbonyl (C=O) groups is 2. The van der Waals surface area contributed by atoms with E-state index in [-0.39, 0.29) is 0 Å². The van der Waals surface area contributed by atoms with E-state index in [1.807, 2.05) is 0 Å². The molecule has 0 aromatic heterocycles. The third-order valence-electron chi connectivity index (χ3n) is 1.63. The first-order valence-electron chi connectivity index (χ1n) is 3.86. The molecular weight excluding hydrogens is 202 g/mol. The number of rotatable bonds is 3. The van der Waals surface area contributed by atoms with Crippen LogP contribution >= 0.6 is 11.6 Å². The topological polar surface area (TPSA) is 60.2 Å². The molecule has 1 aromatic rings. The average Bonchev–Trinajstić information content (AvgIpc) is 2.14. The molecule has 14 heavy (non-hydrogen) atoms. The molecule has 0 unspecified atom stereocenters. The van der Waals surface area contributed by atoms with Gasteiger partial charge in [-0.25, -0.2) is 0 Å². The molecule has 0 aliphatic heterocycles. The smallest absolute Gasteiger partial charge is 0.241 e. The monoisotopic (exact) mass is 209 g/mol. The van der Waals surface area contributed by atoms with Crippen molar-refractivity contribution < 1.29 is 9.59 Å². The number of hydrogen-bond donors (Lipinski definition) is 1. The molecule has 0 atom stereocenters. The van der Waals surface area contributed by atoms with Gasteiger partial charge in [0, 0.05) is 11.6 Å². The minimum Gasteiger partial charge on any atom is -0.366 e. The third-order valence-corrected chi connectivity index (χ3v) is 1.96. The number of benzene rings is 1. The molecule has 0 aliphatic carbocycles. The first-order valence-corrected chi connectivity index (χ1v) is 4.24. The van der Waals surface area contributed by atoms with Crippen LogP contribution < -0.4 is 5.73 Å². The van der Waals surface area contributed by atoms with Crippen LogP contribution in [0.5, 0.6) is 0 Å². The Morgan fingerprint density at radius 3 is 2.71 bits per heavy atom. The van der Waals surface area contributed by atoms with E-state index in [2.05, 4.69) is 0 Å². The van der Waals surface area contributed by atoms with Crippen molar-refractivity contribution >= 4 is 29.9 Å². The molecule has 4 heteroatoms. The van der Waals surface area contributed by atoms with E-state index >= 15 is 0 Å². The van der Waals surface area contributed by atoms with Gasteiger partial charge in [-0.2, -0.15) is 0 Å². The maximum atomic E-state index is 10.7. The summed E-state index contributed by atoms with van der Waals surface area (Å²) >= 11 is 5.76. The first-order chi connectivity index (χ1) is 6.65. The first kappa shape index (κ1) is 10.5. The molecular formula is C10H8ClNO2. The van der Waals surface area contributed by atoms with Gasteiger partial charge in [0.1, 0.15) is 0 Å². The molecule has 0 fully saturated rings. The summed E-state index contributed by atoms with van der Waals surface area (Å²) in [6.07, 6.45) is 3.28. The van der Waals surface area contributed by atoms with Gasteiger partial charge in [0.15, 0.2) is 6.29 Å². The fourth-order valence-electron chi connectivity index (χ4n) is 0.995. The second kappa shape index (κ2) is 4.58. The molecule has 1 rings (SSSR count). The Kier molecular flexibility index (Phi) is 3.42. The van der Waals surface area contributed by atoms with Gasteiger partial charge in [-0.05, 0) is 17.7 Å². The maximum absolute atomic E-state index is 10.7. The zero-order valence-corrected chi connectivity index (χ0v) is 7.99. The lowest BCUT2D eigenvalue weighted by Gasteiger charge is -1.99. The molecule has 0 saturated carbocycles. The quantitative estimate of drug-likeness (QED) is 0.608. The predicted molar refractivity (Wildman–Crippen MR) is 55.1 cm³/mol. The van der Waals surface area contributed by atoms with Crippen molar-refractivity contribution in [2.24, 2.45) is 5.73 Å². The van der Waals surface area contributed by atoms with E-state index < -0.39 is 5.91 Å². The molecule has 0 spiro atoms. The van der Waals surface area contributed by atoms with Gasteiger partial charge in [-0.1, -0.05) is 23.7 Å². The second-order valence-corrected chi connectivity index (χ2v) is 3.00. The largest absolute Gasteiger partial charge is 0.366 e. The Hall–Kier alpha value is -1.61. The van der Waals surface area contributed by atoms with E-state index in [0.717, 1.165) is 0 Å². The molecule has 0 bridgehead atoms. The maximum Gasteiger partial charge on any atom is 0.241 e. The van der Waals surface area contributed by atoms with Crippen LogP contribution in [0.1, 0.15) is 15.9 Å². The number of carbonyl (C=O) groups excluding carboxylic acids is 2. The SMILES string of the molecule is NC(=O)C=Cc1cccc(Cl)c1C=O. The highest BCUT2D eigenvalue weighted by Gasteiger charge is 2.02. The van der Waals surface area contributed by atoms with Crippen molar-refractivity contribution in [3.63, 3.8) is 0 Å². The van der Waals surface area contributed by atoms with Crippen LogP contribution in [0.2, 0.25) is 5.02 Å². The minimum absolute atomic E-state index is 0.353. The number of hydrogen-bond acceptors (Lipinski definition) is 2. The van der Waals surface area contributed by atoms with Gasteiger partial charge >= 0.3 is 0 Å². The Labute approximate surface area is 86.2 Å². The van der Waals surface area contributed by atoms with Gasteiger partial charge in [0.2, 0.25) is 5.91 Å². The van der Waals surface area contributed by atoms with Crippen LogP contribution in [-0.4, -0.2) is 12.2 Å². The van der Waals surface area contributed by atoms with Crippen LogP contribution in [0.25, 0.3) is 6.08 Å². The standard InChI is InChI=1S/C10H8ClNO2/c11-9-3-1-2-7(8(9)6-13)4-5-10(12)14/h1-6H,(H2,12,14). The second-order valence-electron chi connectivity index (χ2n) is 2.60. The van der Waals surface area contributed by atoms with Gasteiger partial charge in [0.25, 0.3) is 0 Å². The normalized spacial score (nSPS) is 10.4. The van der Waals surface area contributed by atoms with Crippen LogP contribution in [0.15, 0.2) is 24.3 Å². The van der Waals surface area contributed by atoms with Crippen molar-refractivity contribution in [1.29, 1.82) is 0 Å². The number of halogens is 1. The van der Waals surface area contributed by atoms with Gasteiger partial charge in [0.05, 0.1) is 5.02 Å². The average molecular weight is 210 g/mol. The van der Waals surface area contributed by atoms with E-state index in [4.69, 9.17) is 17.3 Å². The summed E-state index contributed by atoms with van der Waals surface area (Å²) in [5.74, 6) is -0.568. The summed E-state index contributed by atoms with van der Waals surface area (Å²) in [6, 6.07) is 4.97. The number of primary amides is 1. The van der Waals surface area contributed by atoms with Gasteiger partial charge in [-0.3, -0.25) is 9.59 Å². The number of aldehydes is 1. The fourth-order valence-corrected chi connectivity index (χ4v) is 1.22.